The zero-order valence-corrected chi connectivity index (χ0v) is 11.2. The predicted molar refractivity (Wildman–Crippen MR) is 70.6 cm³/mol. The summed E-state index contributed by atoms with van der Waals surface area (Å²) >= 11 is 0. The molecule has 2 rings (SSSR count). The quantitative estimate of drug-likeness (QED) is 0.630. The van der Waals surface area contributed by atoms with Gasteiger partial charge < -0.3 is 5.32 Å². The monoisotopic (exact) mass is 285 g/mol. The van der Waals surface area contributed by atoms with Crippen molar-refractivity contribution >= 4 is 21.4 Å². The van der Waals surface area contributed by atoms with Gasteiger partial charge in [-0.1, -0.05) is 6.42 Å². The van der Waals surface area contributed by atoms with E-state index in [1.165, 1.54) is 25.2 Å². The largest absolute Gasteiger partial charge is 0.383 e. The molecular formula is C11H15N3O4S. The van der Waals surface area contributed by atoms with Crippen LogP contribution in [0.3, 0.4) is 0 Å². The predicted octanol–water partition coefficient (Wildman–Crippen LogP) is 1.47. The smallest absolute Gasteiger partial charge is 0.292 e. The molecule has 7 nitrogen and oxygen atoms in total. The van der Waals surface area contributed by atoms with Crippen molar-refractivity contribution in [3.8, 4) is 0 Å². The number of benzene rings is 1. The standard InChI is InChI=1S/C11H15N3O4S/c1-12-10-7-9(5-6-11(10)14(15)16)19(17,18)13-8-3-2-4-8/h5-8,12-13H,2-4H2,1H3. The maximum atomic E-state index is 12.1. The van der Waals surface area contributed by atoms with Crippen molar-refractivity contribution in [2.24, 2.45) is 0 Å². The zero-order chi connectivity index (χ0) is 14.0. The first-order valence-electron chi connectivity index (χ1n) is 5.92. The van der Waals surface area contributed by atoms with Crippen LogP contribution in [0.1, 0.15) is 19.3 Å². The number of hydrogen-bond donors (Lipinski definition) is 2. The van der Waals surface area contributed by atoms with E-state index >= 15 is 0 Å². The number of nitro groups is 1. The molecule has 1 aliphatic rings. The third-order valence-corrected chi connectivity index (χ3v) is 4.69. The van der Waals surface area contributed by atoms with Gasteiger partial charge in [-0.05, 0) is 25.0 Å². The van der Waals surface area contributed by atoms with Gasteiger partial charge >= 0.3 is 0 Å². The van der Waals surface area contributed by atoms with E-state index in [1.807, 2.05) is 0 Å². The lowest BCUT2D eigenvalue weighted by atomic mass is 9.94. The molecule has 0 unspecified atom stereocenters. The number of nitrogens with zero attached hydrogens (tertiary/aromatic N) is 1. The van der Waals surface area contributed by atoms with Crippen molar-refractivity contribution in [3.63, 3.8) is 0 Å². The lowest BCUT2D eigenvalue weighted by Gasteiger charge is -2.26. The molecular weight excluding hydrogens is 270 g/mol. The second kappa shape index (κ2) is 5.14. The fourth-order valence-corrected chi connectivity index (χ4v) is 3.19. The number of rotatable bonds is 5. The lowest BCUT2D eigenvalue weighted by molar-refractivity contribution is -0.384. The topological polar surface area (TPSA) is 101 Å². The molecule has 19 heavy (non-hydrogen) atoms. The molecule has 0 heterocycles. The van der Waals surface area contributed by atoms with Gasteiger partial charge in [0.25, 0.3) is 5.69 Å². The van der Waals surface area contributed by atoms with Crippen LogP contribution >= 0.6 is 0 Å². The molecule has 1 aromatic carbocycles. The number of hydrogen-bond acceptors (Lipinski definition) is 5. The Bertz CT molecular complexity index is 596. The fraction of sp³-hybridized carbons (Fsp3) is 0.455. The summed E-state index contributed by atoms with van der Waals surface area (Å²) in [6.07, 6.45) is 2.70. The molecule has 0 aliphatic heterocycles. The maximum Gasteiger partial charge on any atom is 0.292 e. The van der Waals surface area contributed by atoms with Crippen LogP contribution in [0.15, 0.2) is 23.1 Å². The van der Waals surface area contributed by atoms with Crippen LogP contribution in [-0.4, -0.2) is 26.4 Å². The van der Waals surface area contributed by atoms with Gasteiger partial charge in [0.1, 0.15) is 5.69 Å². The van der Waals surface area contributed by atoms with E-state index in [0.29, 0.717) is 0 Å². The van der Waals surface area contributed by atoms with Crippen molar-refractivity contribution < 1.29 is 13.3 Å². The summed E-state index contributed by atoms with van der Waals surface area (Å²) in [5, 5.41) is 13.4. The van der Waals surface area contributed by atoms with Crippen molar-refractivity contribution in [1.29, 1.82) is 0 Å². The fourth-order valence-electron chi connectivity index (χ4n) is 1.86. The Hall–Kier alpha value is -1.67. The molecule has 0 radical (unpaired) electrons. The van der Waals surface area contributed by atoms with Gasteiger partial charge in [-0.15, -0.1) is 0 Å². The normalized spacial score (nSPS) is 15.8. The molecule has 0 bridgehead atoms. The highest BCUT2D eigenvalue weighted by molar-refractivity contribution is 7.89. The van der Waals surface area contributed by atoms with Gasteiger partial charge in [0.15, 0.2) is 0 Å². The summed E-state index contributed by atoms with van der Waals surface area (Å²) in [6.45, 7) is 0. The first kappa shape index (κ1) is 13.8. The Balaban J connectivity index is 2.31. The third kappa shape index (κ3) is 2.85. The van der Waals surface area contributed by atoms with Crippen LogP contribution in [0.4, 0.5) is 11.4 Å². The minimum atomic E-state index is -3.61. The maximum absolute atomic E-state index is 12.1. The first-order valence-corrected chi connectivity index (χ1v) is 7.41. The number of anilines is 1. The molecule has 0 amide bonds. The Morgan fingerprint density at radius 1 is 1.37 bits per heavy atom. The second-order valence-electron chi connectivity index (χ2n) is 4.44. The zero-order valence-electron chi connectivity index (χ0n) is 10.4. The average molecular weight is 285 g/mol. The molecule has 0 atom stereocenters. The molecule has 1 aromatic rings. The molecule has 1 aliphatic carbocycles. The Morgan fingerprint density at radius 2 is 2.05 bits per heavy atom. The first-order chi connectivity index (χ1) is 8.94. The van der Waals surface area contributed by atoms with Gasteiger partial charge in [0.05, 0.1) is 9.82 Å². The van der Waals surface area contributed by atoms with E-state index in [4.69, 9.17) is 0 Å². The highest BCUT2D eigenvalue weighted by atomic mass is 32.2. The van der Waals surface area contributed by atoms with Crippen LogP contribution in [0.2, 0.25) is 0 Å². The van der Waals surface area contributed by atoms with Gasteiger partial charge in [0.2, 0.25) is 10.0 Å². The molecule has 0 spiro atoms. The van der Waals surface area contributed by atoms with Crippen LogP contribution in [0.5, 0.6) is 0 Å². The molecule has 8 heteroatoms. The molecule has 0 aromatic heterocycles. The average Bonchev–Trinajstić information content (AvgIpc) is 2.33. The summed E-state index contributed by atoms with van der Waals surface area (Å²) in [5.74, 6) is 0. The van der Waals surface area contributed by atoms with E-state index in [0.717, 1.165) is 19.3 Å². The van der Waals surface area contributed by atoms with Crippen molar-refractivity contribution in [3.05, 3.63) is 28.3 Å². The Kier molecular flexibility index (Phi) is 3.72. The van der Waals surface area contributed by atoms with Crippen molar-refractivity contribution in [2.75, 3.05) is 12.4 Å². The van der Waals surface area contributed by atoms with E-state index in [-0.39, 0.29) is 22.3 Å². The summed E-state index contributed by atoms with van der Waals surface area (Å²) in [7, 11) is -2.10. The van der Waals surface area contributed by atoms with Gasteiger partial charge in [-0.25, -0.2) is 13.1 Å². The Labute approximate surface area is 111 Å². The van der Waals surface area contributed by atoms with Crippen molar-refractivity contribution in [1.82, 2.24) is 4.72 Å². The Morgan fingerprint density at radius 3 is 2.53 bits per heavy atom. The highest BCUT2D eigenvalue weighted by Crippen LogP contribution is 2.28. The van der Waals surface area contributed by atoms with Crippen LogP contribution < -0.4 is 10.0 Å². The summed E-state index contributed by atoms with van der Waals surface area (Å²) in [4.78, 5) is 10.3. The van der Waals surface area contributed by atoms with E-state index in [9.17, 15) is 18.5 Å². The van der Waals surface area contributed by atoms with E-state index in [1.54, 1.807) is 0 Å². The van der Waals surface area contributed by atoms with Crippen LogP contribution in [0.25, 0.3) is 0 Å². The van der Waals surface area contributed by atoms with Gasteiger partial charge in [-0.2, -0.15) is 0 Å². The van der Waals surface area contributed by atoms with Crippen molar-refractivity contribution in [2.45, 2.75) is 30.2 Å². The minimum absolute atomic E-state index is 0.0155. The molecule has 2 N–H and O–H groups in total. The number of sulfonamides is 1. The summed E-state index contributed by atoms with van der Waals surface area (Å²) in [5.41, 5.74) is 0.0339. The van der Waals surface area contributed by atoms with Crippen LogP contribution in [-0.2, 0) is 10.0 Å². The second-order valence-corrected chi connectivity index (χ2v) is 6.15. The van der Waals surface area contributed by atoms with Crippen LogP contribution in [0, 0.1) is 10.1 Å². The third-order valence-electron chi connectivity index (χ3n) is 3.17. The number of nitro benzene ring substituents is 1. The lowest BCUT2D eigenvalue weighted by Crippen LogP contribution is -2.39. The van der Waals surface area contributed by atoms with E-state index in [2.05, 4.69) is 10.0 Å². The van der Waals surface area contributed by atoms with Gasteiger partial charge in [-0.3, -0.25) is 10.1 Å². The molecule has 1 fully saturated rings. The van der Waals surface area contributed by atoms with E-state index < -0.39 is 14.9 Å². The van der Waals surface area contributed by atoms with Gasteiger partial charge in [0, 0.05) is 19.2 Å². The SMILES string of the molecule is CNc1cc(S(=O)(=O)NC2CCC2)ccc1[N+](=O)[O-]. The summed E-state index contributed by atoms with van der Waals surface area (Å²) < 4.78 is 26.7. The highest BCUT2D eigenvalue weighted by Gasteiger charge is 2.26. The minimum Gasteiger partial charge on any atom is -0.383 e. The number of nitrogens with one attached hydrogen (secondary N) is 2. The summed E-state index contributed by atoms with van der Waals surface area (Å²) in [6, 6.07) is 3.71. The molecule has 0 saturated heterocycles. The molecule has 104 valence electrons. The molecule has 1 saturated carbocycles.